The zero-order valence-corrected chi connectivity index (χ0v) is 16.7. The van der Waals surface area contributed by atoms with Crippen LogP contribution in [0.1, 0.15) is 33.9 Å². The molecule has 2 N–H and O–H groups in total. The van der Waals surface area contributed by atoms with E-state index in [-0.39, 0.29) is 5.04 Å². The molecule has 1 aliphatic rings. The van der Waals surface area contributed by atoms with Crippen LogP contribution in [0.15, 0.2) is 21.9 Å². The fraction of sp³-hybridized carbons (Fsp3) is 0.688. The molecule has 4 atom stereocenters. The number of carboxylic acid groups (broad SMARTS) is 1. The molecule has 0 unspecified atom stereocenters. The third-order valence-electron chi connectivity index (χ3n) is 5.16. The number of hydrogen-bond acceptors (Lipinski definition) is 5. The van der Waals surface area contributed by atoms with Gasteiger partial charge in [0.15, 0.2) is 26.3 Å². The van der Waals surface area contributed by atoms with Crippen LogP contribution in [0.4, 0.5) is 4.39 Å². The lowest BCUT2D eigenvalue weighted by atomic mass is 9.98. The Labute approximate surface area is 151 Å². The molecule has 0 amide bonds. The quantitative estimate of drug-likeness (QED) is 0.759. The Hall–Kier alpha value is -1.78. The summed E-state index contributed by atoms with van der Waals surface area (Å²) < 4.78 is 28.0. The summed E-state index contributed by atoms with van der Waals surface area (Å²) in [5.41, 5.74) is -3.84. The summed E-state index contributed by atoms with van der Waals surface area (Å²) in [5.74, 6) is -1.38. The van der Waals surface area contributed by atoms with Crippen molar-refractivity contribution in [3.05, 3.63) is 33.1 Å². The third-order valence-corrected chi connectivity index (χ3v) is 9.62. The van der Waals surface area contributed by atoms with Gasteiger partial charge in [0.25, 0.3) is 5.56 Å². The number of carbonyl (C=O) groups is 1. The highest BCUT2D eigenvalue weighted by Gasteiger charge is 2.61. The Morgan fingerprint density at radius 3 is 2.46 bits per heavy atom. The number of nitrogens with zero attached hydrogens (tertiary/aromatic N) is 1. The molecule has 1 aromatic rings. The van der Waals surface area contributed by atoms with Gasteiger partial charge in [-0.25, -0.2) is 14.0 Å². The molecule has 0 spiro atoms. The van der Waals surface area contributed by atoms with Crippen LogP contribution in [0.25, 0.3) is 0 Å². The lowest BCUT2D eigenvalue weighted by Gasteiger charge is -2.41. The van der Waals surface area contributed by atoms with Gasteiger partial charge < -0.3 is 14.3 Å². The number of aromatic amines is 1. The lowest BCUT2D eigenvalue weighted by Crippen LogP contribution is -2.53. The van der Waals surface area contributed by atoms with Crippen LogP contribution in [0.2, 0.25) is 18.1 Å². The molecule has 1 fully saturated rings. The van der Waals surface area contributed by atoms with Crippen molar-refractivity contribution in [3.8, 4) is 0 Å². The van der Waals surface area contributed by atoms with Gasteiger partial charge in [-0.05, 0) is 25.1 Å². The number of hydrogen-bond donors (Lipinski definition) is 2. The van der Waals surface area contributed by atoms with E-state index in [4.69, 9.17) is 9.16 Å². The van der Waals surface area contributed by atoms with Gasteiger partial charge in [0.05, 0.1) is 0 Å². The maximum absolute atomic E-state index is 15.7. The van der Waals surface area contributed by atoms with Crippen molar-refractivity contribution in [2.24, 2.45) is 0 Å². The Bertz CT molecular complexity index is 810. The van der Waals surface area contributed by atoms with E-state index in [0.29, 0.717) is 0 Å². The number of nitrogens with one attached hydrogen (secondary N) is 1. The highest BCUT2D eigenvalue weighted by atomic mass is 28.4. The molecule has 0 radical (unpaired) electrons. The molecule has 0 aliphatic carbocycles. The van der Waals surface area contributed by atoms with Gasteiger partial charge in [0.2, 0.25) is 0 Å². The van der Waals surface area contributed by atoms with Gasteiger partial charge >= 0.3 is 11.7 Å². The van der Waals surface area contributed by atoms with Crippen LogP contribution in [-0.4, -0.2) is 46.8 Å². The fourth-order valence-electron chi connectivity index (χ4n) is 2.59. The van der Waals surface area contributed by atoms with Gasteiger partial charge in [-0.2, -0.15) is 0 Å². The highest BCUT2D eigenvalue weighted by molar-refractivity contribution is 6.74. The number of rotatable bonds is 4. The number of alkyl halides is 1. The highest BCUT2D eigenvalue weighted by Crippen LogP contribution is 2.46. The molecular formula is C16H25FN2O6Si. The SMILES string of the molecule is CC(C)(C)[Si](C)(C)O[C@@H]1[C@@H](C(=O)O)O[C@@H](n2ccc(=O)[nH]c2=O)[C@]1(C)F. The molecule has 2 heterocycles. The van der Waals surface area contributed by atoms with Crippen LogP contribution >= 0.6 is 0 Å². The predicted molar refractivity (Wildman–Crippen MR) is 94.5 cm³/mol. The zero-order valence-electron chi connectivity index (χ0n) is 15.7. The molecule has 1 aromatic heterocycles. The molecule has 8 nitrogen and oxygen atoms in total. The van der Waals surface area contributed by atoms with E-state index in [9.17, 15) is 19.5 Å². The van der Waals surface area contributed by atoms with Crippen molar-refractivity contribution < 1.29 is 23.5 Å². The van der Waals surface area contributed by atoms with Crippen LogP contribution in [0, 0.1) is 0 Å². The minimum Gasteiger partial charge on any atom is -0.479 e. The average molecular weight is 388 g/mol. The zero-order chi connectivity index (χ0) is 20.1. The molecule has 0 aromatic carbocycles. The molecule has 1 aliphatic heterocycles. The van der Waals surface area contributed by atoms with E-state index in [2.05, 4.69) is 0 Å². The third kappa shape index (κ3) is 3.53. The molecular weight excluding hydrogens is 363 g/mol. The maximum atomic E-state index is 15.7. The number of aromatic nitrogens is 2. The summed E-state index contributed by atoms with van der Waals surface area (Å²) in [5, 5.41) is 9.21. The normalized spacial score (nSPS) is 29.7. The molecule has 10 heteroatoms. The minimum absolute atomic E-state index is 0.279. The topological polar surface area (TPSA) is 111 Å². The monoisotopic (exact) mass is 388 g/mol. The first-order valence-corrected chi connectivity index (χ1v) is 11.2. The largest absolute Gasteiger partial charge is 0.479 e. The van der Waals surface area contributed by atoms with Gasteiger partial charge in [-0.15, -0.1) is 0 Å². The standard InChI is InChI=1S/C16H25FN2O6Si/c1-15(2,3)26(5,6)25-11-10(12(21)22)24-13(16(11,4)17)19-8-7-9(20)18-14(19)23/h7-8,10-11,13H,1-6H3,(H,21,22)(H,18,20,23)/t10-,11+,13+,16+/m0/s1. The Morgan fingerprint density at radius 1 is 1.42 bits per heavy atom. The summed E-state index contributed by atoms with van der Waals surface area (Å²) in [6.07, 6.45) is -3.44. The number of ether oxygens (including phenoxy) is 1. The first-order chi connectivity index (χ1) is 11.7. The van der Waals surface area contributed by atoms with E-state index < -0.39 is 49.6 Å². The van der Waals surface area contributed by atoms with E-state index in [1.165, 1.54) is 0 Å². The first-order valence-electron chi connectivity index (χ1n) is 8.25. The molecule has 2 rings (SSSR count). The van der Waals surface area contributed by atoms with Crippen molar-refractivity contribution in [1.29, 1.82) is 0 Å². The smallest absolute Gasteiger partial charge is 0.335 e. The van der Waals surface area contributed by atoms with Gasteiger partial charge in [0, 0.05) is 12.3 Å². The summed E-state index contributed by atoms with van der Waals surface area (Å²) >= 11 is 0. The second kappa shape index (κ2) is 6.43. The second-order valence-corrected chi connectivity index (χ2v) is 13.0. The van der Waals surface area contributed by atoms with E-state index in [1.807, 2.05) is 38.8 Å². The molecule has 26 heavy (non-hydrogen) atoms. The van der Waals surface area contributed by atoms with Crippen LogP contribution in [-0.2, 0) is 14.0 Å². The van der Waals surface area contributed by atoms with Gasteiger partial charge in [-0.3, -0.25) is 14.3 Å². The summed E-state index contributed by atoms with van der Waals surface area (Å²) in [4.78, 5) is 36.9. The van der Waals surface area contributed by atoms with E-state index in [1.54, 1.807) is 0 Å². The van der Waals surface area contributed by atoms with Gasteiger partial charge in [0.1, 0.15) is 6.10 Å². The first kappa shape index (κ1) is 20.5. The lowest BCUT2D eigenvalue weighted by molar-refractivity contribution is -0.155. The average Bonchev–Trinajstić information content (AvgIpc) is 2.70. The fourth-order valence-corrected chi connectivity index (χ4v) is 3.93. The summed E-state index contributed by atoms with van der Waals surface area (Å²) in [7, 11) is -2.53. The van der Waals surface area contributed by atoms with Crippen molar-refractivity contribution in [3.63, 3.8) is 0 Å². The second-order valence-electron chi connectivity index (χ2n) is 8.21. The predicted octanol–water partition coefficient (Wildman–Crippen LogP) is 1.64. The molecule has 1 saturated heterocycles. The van der Waals surface area contributed by atoms with Crippen molar-refractivity contribution in [2.75, 3.05) is 0 Å². The van der Waals surface area contributed by atoms with E-state index >= 15 is 4.39 Å². The van der Waals surface area contributed by atoms with Crippen LogP contribution < -0.4 is 11.2 Å². The summed E-state index contributed by atoms with van der Waals surface area (Å²) in [6.45, 7) is 10.7. The van der Waals surface area contributed by atoms with Crippen molar-refractivity contribution in [1.82, 2.24) is 9.55 Å². The Kier molecular flexibility index (Phi) is 5.08. The minimum atomic E-state index is -2.53. The number of aliphatic carboxylic acids is 1. The number of halogens is 1. The Morgan fingerprint density at radius 2 is 2.00 bits per heavy atom. The van der Waals surface area contributed by atoms with Gasteiger partial charge in [-0.1, -0.05) is 20.8 Å². The molecule has 0 bridgehead atoms. The van der Waals surface area contributed by atoms with E-state index in [0.717, 1.165) is 23.8 Å². The van der Waals surface area contributed by atoms with Crippen molar-refractivity contribution in [2.45, 2.75) is 69.9 Å². The van der Waals surface area contributed by atoms with Crippen molar-refractivity contribution >= 4 is 14.3 Å². The molecule has 146 valence electrons. The summed E-state index contributed by atoms with van der Waals surface area (Å²) in [6, 6.07) is 1.04. The number of carboxylic acids is 1. The van der Waals surface area contributed by atoms with Crippen LogP contribution in [0.5, 0.6) is 0 Å². The Balaban J connectivity index is 2.49. The molecule has 0 saturated carbocycles. The van der Waals surface area contributed by atoms with Crippen LogP contribution in [0.3, 0.4) is 0 Å². The number of H-pyrrole nitrogens is 1. The maximum Gasteiger partial charge on any atom is 0.335 e.